The highest BCUT2D eigenvalue weighted by molar-refractivity contribution is 5.92. The summed E-state index contributed by atoms with van der Waals surface area (Å²) < 4.78 is 0. The van der Waals surface area contributed by atoms with E-state index in [0.29, 0.717) is 12.5 Å². The molecular formula is C15H22N2O. The van der Waals surface area contributed by atoms with Crippen LogP contribution in [0, 0.1) is 18.8 Å². The van der Waals surface area contributed by atoms with Gasteiger partial charge in [0, 0.05) is 5.69 Å². The summed E-state index contributed by atoms with van der Waals surface area (Å²) in [6, 6.07) is 7.86. The van der Waals surface area contributed by atoms with Crippen LogP contribution in [0.25, 0.3) is 0 Å². The number of nitrogens with one attached hydrogen (secondary N) is 2. The Morgan fingerprint density at radius 3 is 2.61 bits per heavy atom. The maximum Gasteiger partial charge on any atom is 0.238 e. The highest BCUT2D eigenvalue weighted by Crippen LogP contribution is 2.35. The van der Waals surface area contributed by atoms with Crippen LogP contribution in [0.5, 0.6) is 0 Å². The molecule has 0 radical (unpaired) electrons. The van der Waals surface area contributed by atoms with Gasteiger partial charge in [0.05, 0.1) is 6.54 Å². The summed E-state index contributed by atoms with van der Waals surface area (Å²) in [6.07, 6.45) is 2.72. The molecule has 0 aliphatic heterocycles. The predicted octanol–water partition coefficient (Wildman–Crippen LogP) is 2.57. The number of rotatable bonds is 6. The second kappa shape index (κ2) is 6.01. The monoisotopic (exact) mass is 246 g/mol. The lowest BCUT2D eigenvalue weighted by Gasteiger charge is -2.11. The van der Waals surface area contributed by atoms with Gasteiger partial charge in [-0.3, -0.25) is 4.79 Å². The van der Waals surface area contributed by atoms with Gasteiger partial charge < -0.3 is 10.6 Å². The molecule has 1 fully saturated rings. The van der Waals surface area contributed by atoms with Gasteiger partial charge in [0.25, 0.3) is 0 Å². The zero-order valence-electron chi connectivity index (χ0n) is 11.2. The fraction of sp³-hybridized carbons (Fsp3) is 0.533. The number of hydrogen-bond donors (Lipinski definition) is 2. The van der Waals surface area contributed by atoms with Crippen LogP contribution < -0.4 is 10.6 Å². The Morgan fingerprint density at radius 2 is 2.00 bits per heavy atom. The summed E-state index contributed by atoms with van der Waals surface area (Å²) in [4.78, 5) is 11.7. The van der Waals surface area contributed by atoms with Gasteiger partial charge in [0.15, 0.2) is 0 Å². The molecule has 0 heterocycles. The van der Waals surface area contributed by atoms with Crippen LogP contribution in [0.4, 0.5) is 5.69 Å². The molecule has 2 N–H and O–H groups in total. The molecule has 1 aromatic carbocycles. The van der Waals surface area contributed by atoms with Crippen LogP contribution in [0.3, 0.4) is 0 Å². The van der Waals surface area contributed by atoms with Crippen LogP contribution in [0.1, 0.15) is 25.3 Å². The number of carbonyl (C=O) groups excluding carboxylic acids is 1. The standard InChI is InChI=1S/C15H22N2O/c1-11-3-7-14(8-4-11)17-15(18)10-16-9-12(2)13-5-6-13/h3-4,7-8,12-13,16H,5-6,9-10H2,1-2H3,(H,17,18). The van der Waals surface area contributed by atoms with E-state index in [1.807, 2.05) is 31.2 Å². The van der Waals surface area contributed by atoms with Crippen molar-refractivity contribution in [2.24, 2.45) is 11.8 Å². The smallest absolute Gasteiger partial charge is 0.238 e. The highest BCUT2D eigenvalue weighted by Gasteiger charge is 2.27. The van der Waals surface area contributed by atoms with Gasteiger partial charge in [-0.25, -0.2) is 0 Å². The first-order chi connectivity index (χ1) is 8.65. The Bertz CT molecular complexity index is 395. The number of carbonyl (C=O) groups is 1. The normalized spacial score (nSPS) is 16.3. The topological polar surface area (TPSA) is 41.1 Å². The third-order valence-electron chi connectivity index (χ3n) is 3.51. The fourth-order valence-electron chi connectivity index (χ4n) is 2.09. The van der Waals surface area contributed by atoms with Crippen molar-refractivity contribution >= 4 is 11.6 Å². The number of anilines is 1. The number of hydrogen-bond acceptors (Lipinski definition) is 2. The van der Waals surface area contributed by atoms with E-state index in [4.69, 9.17) is 0 Å². The molecule has 1 aliphatic rings. The van der Waals surface area contributed by atoms with Crippen molar-refractivity contribution in [3.05, 3.63) is 29.8 Å². The molecule has 0 aromatic heterocycles. The second-order valence-corrected chi connectivity index (χ2v) is 5.36. The van der Waals surface area contributed by atoms with Crippen LogP contribution in [-0.2, 0) is 4.79 Å². The summed E-state index contributed by atoms with van der Waals surface area (Å²) in [5, 5.41) is 6.11. The van der Waals surface area contributed by atoms with E-state index in [-0.39, 0.29) is 5.91 Å². The highest BCUT2D eigenvalue weighted by atomic mass is 16.1. The lowest BCUT2D eigenvalue weighted by Crippen LogP contribution is -2.31. The number of aryl methyl sites for hydroxylation is 1. The third kappa shape index (κ3) is 4.15. The summed E-state index contributed by atoms with van der Waals surface area (Å²) >= 11 is 0. The molecule has 98 valence electrons. The van der Waals surface area contributed by atoms with Gasteiger partial charge in [0.2, 0.25) is 5.91 Å². The van der Waals surface area contributed by atoms with Crippen molar-refractivity contribution in [2.75, 3.05) is 18.4 Å². The first-order valence-corrected chi connectivity index (χ1v) is 6.72. The van der Waals surface area contributed by atoms with Crippen LogP contribution in [-0.4, -0.2) is 19.0 Å². The molecule has 3 heteroatoms. The average Bonchev–Trinajstić information content (AvgIpc) is 3.16. The Hall–Kier alpha value is -1.35. The molecule has 3 nitrogen and oxygen atoms in total. The summed E-state index contributed by atoms with van der Waals surface area (Å²) in [5.74, 6) is 1.61. The number of amides is 1. The van der Waals surface area contributed by atoms with Crippen molar-refractivity contribution in [1.82, 2.24) is 5.32 Å². The predicted molar refractivity (Wildman–Crippen MR) is 74.6 cm³/mol. The zero-order valence-corrected chi connectivity index (χ0v) is 11.2. The van der Waals surface area contributed by atoms with Crippen LogP contribution in [0.2, 0.25) is 0 Å². The van der Waals surface area contributed by atoms with Crippen LogP contribution in [0.15, 0.2) is 24.3 Å². The van der Waals surface area contributed by atoms with Gasteiger partial charge in [0.1, 0.15) is 0 Å². The van der Waals surface area contributed by atoms with E-state index in [2.05, 4.69) is 17.6 Å². The minimum Gasteiger partial charge on any atom is -0.325 e. The SMILES string of the molecule is Cc1ccc(NC(=O)CNCC(C)C2CC2)cc1. The van der Waals surface area contributed by atoms with Gasteiger partial charge in [-0.15, -0.1) is 0 Å². The van der Waals surface area contributed by atoms with Crippen molar-refractivity contribution in [3.8, 4) is 0 Å². The van der Waals surface area contributed by atoms with E-state index < -0.39 is 0 Å². The van der Waals surface area contributed by atoms with Crippen molar-refractivity contribution in [1.29, 1.82) is 0 Å². The molecule has 1 aliphatic carbocycles. The molecule has 0 spiro atoms. The fourth-order valence-corrected chi connectivity index (χ4v) is 2.09. The Balaban J connectivity index is 1.66. The maximum absolute atomic E-state index is 11.7. The molecule has 1 amide bonds. The average molecular weight is 246 g/mol. The Morgan fingerprint density at radius 1 is 1.33 bits per heavy atom. The summed E-state index contributed by atoms with van der Waals surface area (Å²) in [6.45, 7) is 5.62. The molecule has 1 atom stereocenters. The van der Waals surface area contributed by atoms with Crippen molar-refractivity contribution in [3.63, 3.8) is 0 Å². The van der Waals surface area contributed by atoms with Crippen molar-refractivity contribution < 1.29 is 4.79 Å². The van der Waals surface area contributed by atoms with Gasteiger partial charge in [-0.2, -0.15) is 0 Å². The van der Waals surface area contributed by atoms with Gasteiger partial charge in [-0.1, -0.05) is 24.6 Å². The minimum atomic E-state index is 0.0295. The van der Waals surface area contributed by atoms with E-state index in [9.17, 15) is 4.79 Å². The Labute approximate surface area is 109 Å². The molecule has 0 bridgehead atoms. The largest absolute Gasteiger partial charge is 0.325 e. The van der Waals surface area contributed by atoms with Gasteiger partial charge >= 0.3 is 0 Å². The van der Waals surface area contributed by atoms with E-state index in [0.717, 1.165) is 18.2 Å². The van der Waals surface area contributed by atoms with Gasteiger partial charge in [-0.05, 0) is 50.3 Å². The summed E-state index contributed by atoms with van der Waals surface area (Å²) in [5.41, 5.74) is 2.06. The minimum absolute atomic E-state index is 0.0295. The van der Waals surface area contributed by atoms with E-state index in [1.54, 1.807) is 0 Å². The second-order valence-electron chi connectivity index (χ2n) is 5.36. The lowest BCUT2D eigenvalue weighted by atomic mass is 10.1. The first kappa shape index (κ1) is 13.1. The zero-order chi connectivity index (χ0) is 13.0. The molecule has 0 saturated heterocycles. The molecule has 1 saturated carbocycles. The third-order valence-corrected chi connectivity index (χ3v) is 3.51. The summed E-state index contributed by atoms with van der Waals surface area (Å²) in [7, 11) is 0. The quantitative estimate of drug-likeness (QED) is 0.810. The first-order valence-electron chi connectivity index (χ1n) is 6.72. The number of benzene rings is 1. The van der Waals surface area contributed by atoms with Crippen molar-refractivity contribution in [2.45, 2.75) is 26.7 Å². The lowest BCUT2D eigenvalue weighted by molar-refractivity contribution is -0.115. The van der Waals surface area contributed by atoms with E-state index in [1.165, 1.54) is 18.4 Å². The molecular weight excluding hydrogens is 224 g/mol. The maximum atomic E-state index is 11.7. The Kier molecular flexibility index (Phi) is 4.37. The van der Waals surface area contributed by atoms with E-state index >= 15 is 0 Å². The molecule has 2 rings (SSSR count). The molecule has 1 unspecified atom stereocenters. The van der Waals surface area contributed by atoms with Crippen LogP contribution >= 0.6 is 0 Å². The molecule has 18 heavy (non-hydrogen) atoms. The molecule has 1 aromatic rings.